The van der Waals surface area contributed by atoms with Gasteiger partial charge in [0.25, 0.3) is 11.8 Å². The first-order valence-electron chi connectivity index (χ1n) is 9.55. The minimum absolute atomic E-state index is 0.00325. The fourth-order valence-electron chi connectivity index (χ4n) is 3.56. The number of nitrogens with zero attached hydrogens (tertiary/aromatic N) is 2. The number of halogens is 1. The van der Waals surface area contributed by atoms with Gasteiger partial charge in [0.1, 0.15) is 6.04 Å². The first kappa shape index (κ1) is 20.7. The van der Waals surface area contributed by atoms with E-state index in [1.165, 1.54) is 16.2 Å². The highest BCUT2D eigenvalue weighted by molar-refractivity contribution is 14.1. The number of carbonyl (C=O) groups is 3. The summed E-state index contributed by atoms with van der Waals surface area (Å²) < 4.78 is 1.02. The second kappa shape index (κ2) is 9.09. The Morgan fingerprint density at radius 2 is 1.77 bits per heavy atom. The molecule has 1 aliphatic heterocycles. The zero-order chi connectivity index (χ0) is 21.1. The minimum atomic E-state index is -0.796. The Morgan fingerprint density at radius 3 is 2.43 bits per heavy atom. The fraction of sp³-hybridized carbons (Fsp3) is 0.174. The Balaban J connectivity index is 1.61. The zero-order valence-corrected chi connectivity index (χ0v) is 19.0. The normalized spacial score (nSPS) is 16.2. The van der Waals surface area contributed by atoms with Crippen LogP contribution in [-0.2, 0) is 16.0 Å². The Kier molecular flexibility index (Phi) is 6.29. The number of amides is 3. The number of rotatable bonds is 6. The fourth-order valence-corrected chi connectivity index (χ4v) is 4.59. The summed E-state index contributed by atoms with van der Waals surface area (Å²) in [5.41, 5.74) is 1.62. The number of anilines is 1. The molecule has 7 heteroatoms. The maximum atomic E-state index is 13.2. The van der Waals surface area contributed by atoms with Crippen molar-refractivity contribution >= 4 is 57.3 Å². The van der Waals surface area contributed by atoms with Gasteiger partial charge in [0.15, 0.2) is 0 Å². The lowest BCUT2D eigenvalue weighted by molar-refractivity contribution is -0.122. The molecule has 1 saturated heterocycles. The van der Waals surface area contributed by atoms with Crippen molar-refractivity contribution in [2.75, 3.05) is 11.4 Å². The smallest absolute Gasteiger partial charge is 0.264 e. The molecule has 5 nitrogen and oxygen atoms in total. The van der Waals surface area contributed by atoms with Crippen molar-refractivity contribution in [3.63, 3.8) is 0 Å². The van der Waals surface area contributed by atoms with Gasteiger partial charge < -0.3 is 4.90 Å². The predicted molar refractivity (Wildman–Crippen MR) is 126 cm³/mol. The molecule has 0 radical (unpaired) electrons. The number of hydrogen-bond acceptors (Lipinski definition) is 4. The van der Waals surface area contributed by atoms with Crippen LogP contribution in [0.1, 0.15) is 21.7 Å². The third-order valence-electron chi connectivity index (χ3n) is 5.06. The topological polar surface area (TPSA) is 57.7 Å². The number of carbonyl (C=O) groups excluding carboxylic acids is 3. The van der Waals surface area contributed by atoms with Crippen LogP contribution in [0, 0.1) is 3.57 Å². The lowest BCUT2D eigenvalue weighted by Gasteiger charge is -2.27. The molecule has 4 rings (SSSR count). The standard InChI is InChI=1S/C23H19IN2O3S/c24-17-8-10-18(11-9-17)26-21(27)15-19(22(26)28)25(23(29)20-7-4-14-30-20)13-12-16-5-2-1-3-6-16/h1-11,14,19H,12-13,15H2. The predicted octanol–water partition coefficient (Wildman–Crippen LogP) is 4.37. The van der Waals surface area contributed by atoms with Crippen molar-refractivity contribution in [1.29, 1.82) is 0 Å². The third-order valence-corrected chi connectivity index (χ3v) is 6.64. The maximum Gasteiger partial charge on any atom is 0.264 e. The molecule has 0 aliphatic carbocycles. The average Bonchev–Trinajstić information content (AvgIpc) is 3.39. The Morgan fingerprint density at radius 1 is 1.03 bits per heavy atom. The summed E-state index contributed by atoms with van der Waals surface area (Å²) in [7, 11) is 0. The molecule has 30 heavy (non-hydrogen) atoms. The van der Waals surface area contributed by atoms with E-state index in [1.54, 1.807) is 23.1 Å². The molecule has 1 aromatic heterocycles. The van der Waals surface area contributed by atoms with E-state index in [2.05, 4.69) is 22.6 Å². The summed E-state index contributed by atoms with van der Waals surface area (Å²) in [4.78, 5) is 42.5. The molecule has 2 aromatic carbocycles. The molecule has 0 spiro atoms. The van der Waals surface area contributed by atoms with Gasteiger partial charge >= 0.3 is 0 Å². The quantitative estimate of drug-likeness (QED) is 0.352. The van der Waals surface area contributed by atoms with Crippen LogP contribution >= 0.6 is 33.9 Å². The first-order valence-corrected chi connectivity index (χ1v) is 11.5. The molecule has 1 atom stereocenters. The average molecular weight is 530 g/mol. The number of thiophene rings is 1. The van der Waals surface area contributed by atoms with E-state index < -0.39 is 6.04 Å². The SMILES string of the molecule is O=C1CC(N(CCc2ccccc2)C(=O)c2cccs2)C(=O)N1c1ccc(I)cc1. The van der Waals surface area contributed by atoms with Crippen molar-refractivity contribution in [3.8, 4) is 0 Å². The van der Waals surface area contributed by atoms with Crippen LogP contribution in [0.2, 0.25) is 0 Å². The molecule has 152 valence electrons. The van der Waals surface area contributed by atoms with Gasteiger partial charge in [-0.05, 0) is 70.3 Å². The molecule has 1 aliphatic rings. The number of benzene rings is 2. The molecule has 1 fully saturated rings. The summed E-state index contributed by atoms with van der Waals surface area (Å²) in [6, 6.07) is 19.8. The number of hydrogen-bond donors (Lipinski definition) is 0. The monoisotopic (exact) mass is 530 g/mol. The lowest BCUT2D eigenvalue weighted by Crippen LogP contribution is -2.46. The van der Waals surface area contributed by atoms with Crippen molar-refractivity contribution in [1.82, 2.24) is 4.90 Å². The minimum Gasteiger partial charge on any atom is -0.325 e. The lowest BCUT2D eigenvalue weighted by atomic mass is 10.1. The largest absolute Gasteiger partial charge is 0.325 e. The first-order chi connectivity index (χ1) is 14.5. The van der Waals surface area contributed by atoms with Crippen LogP contribution < -0.4 is 4.90 Å². The van der Waals surface area contributed by atoms with Crippen molar-refractivity contribution in [2.24, 2.45) is 0 Å². The summed E-state index contributed by atoms with van der Waals surface area (Å²) in [5, 5.41) is 1.84. The van der Waals surface area contributed by atoms with E-state index >= 15 is 0 Å². The van der Waals surface area contributed by atoms with Gasteiger partial charge in [0.2, 0.25) is 5.91 Å². The second-order valence-electron chi connectivity index (χ2n) is 6.98. The van der Waals surface area contributed by atoms with Gasteiger partial charge in [-0.15, -0.1) is 11.3 Å². The Labute approximate surface area is 192 Å². The zero-order valence-electron chi connectivity index (χ0n) is 16.0. The highest BCUT2D eigenvalue weighted by Gasteiger charge is 2.44. The summed E-state index contributed by atoms with van der Waals surface area (Å²) in [5.74, 6) is -0.842. The van der Waals surface area contributed by atoms with Gasteiger partial charge in [0, 0.05) is 10.1 Å². The number of imide groups is 1. The van der Waals surface area contributed by atoms with E-state index in [4.69, 9.17) is 0 Å². The molecular weight excluding hydrogens is 511 g/mol. The van der Waals surface area contributed by atoms with Crippen molar-refractivity contribution < 1.29 is 14.4 Å². The molecule has 0 bridgehead atoms. The molecule has 0 saturated carbocycles. The molecule has 0 N–H and O–H groups in total. The van der Waals surface area contributed by atoms with E-state index in [1.807, 2.05) is 53.9 Å². The Hall–Kier alpha value is -2.52. The third kappa shape index (κ3) is 4.32. The molecule has 3 amide bonds. The van der Waals surface area contributed by atoms with Crippen LogP contribution in [0.3, 0.4) is 0 Å². The van der Waals surface area contributed by atoms with Crippen molar-refractivity contribution in [3.05, 3.63) is 86.1 Å². The highest BCUT2D eigenvalue weighted by Crippen LogP contribution is 2.28. The van der Waals surface area contributed by atoms with Crippen LogP contribution in [0.25, 0.3) is 0 Å². The Bertz CT molecular complexity index is 1050. The summed E-state index contributed by atoms with van der Waals surface area (Å²) in [6.45, 7) is 0.366. The summed E-state index contributed by atoms with van der Waals surface area (Å²) >= 11 is 3.51. The van der Waals surface area contributed by atoms with E-state index in [9.17, 15) is 14.4 Å². The summed E-state index contributed by atoms with van der Waals surface area (Å²) in [6.07, 6.45) is 0.607. The molecule has 3 aromatic rings. The van der Waals surface area contributed by atoms with E-state index in [0.717, 1.165) is 9.13 Å². The van der Waals surface area contributed by atoms with Crippen LogP contribution in [0.5, 0.6) is 0 Å². The maximum absolute atomic E-state index is 13.2. The van der Waals surface area contributed by atoms with Crippen LogP contribution in [-0.4, -0.2) is 35.2 Å². The molecular formula is C23H19IN2O3S. The van der Waals surface area contributed by atoms with Crippen LogP contribution in [0.4, 0.5) is 5.69 Å². The van der Waals surface area contributed by atoms with Gasteiger partial charge in [-0.1, -0.05) is 36.4 Å². The van der Waals surface area contributed by atoms with Gasteiger partial charge in [-0.25, -0.2) is 4.90 Å². The molecule has 2 heterocycles. The van der Waals surface area contributed by atoms with Gasteiger partial charge in [-0.2, -0.15) is 0 Å². The van der Waals surface area contributed by atoms with E-state index in [0.29, 0.717) is 23.5 Å². The van der Waals surface area contributed by atoms with Crippen LogP contribution in [0.15, 0.2) is 72.1 Å². The second-order valence-corrected chi connectivity index (χ2v) is 9.17. The highest BCUT2D eigenvalue weighted by atomic mass is 127. The molecule has 1 unspecified atom stereocenters. The van der Waals surface area contributed by atoms with Gasteiger partial charge in [-0.3, -0.25) is 14.4 Å². The van der Waals surface area contributed by atoms with Crippen molar-refractivity contribution in [2.45, 2.75) is 18.9 Å². The van der Waals surface area contributed by atoms with Gasteiger partial charge in [0.05, 0.1) is 17.0 Å². The van der Waals surface area contributed by atoms with E-state index in [-0.39, 0.29) is 24.1 Å².